The molecule has 2 rings (SSSR count). The SMILES string of the molecule is Cc1ccc(=O)n(CC(C)(C)C(=O)Nc2ccc(C(N)=S)cc2)c1. The van der Waals surface area contributed by atoms with Crippen molar-refractivity contribution >= 4 is 28.8 Å². The van der Waals surface area contributed by atoms with Gasteiger partial charge >= 0.3 is 0 Å². The minimum atomic E-state index is -0.751. The summed E-state index contributed by atoms with van der Waals surface area (Å²) in [7, 11) is 0. The number of nitrogens with one attached hydrogen (secondary N) is 1. The van der Waals surface area contributed by atoms with E-state index >= 15 is 0 Å². The predicted molar refractivity (Wildman–Crippen MR) is 100 cm³/mol. The number of benzene rings is 1. The summed E-state index contributed by atoms with van der Waals surface area (Å²) in [6, 6.07) is 10.3. The molecule has 0 aliphatic rings. The number of thiocarbonyl (C=S) groups is 1. The van der Waals surface area contributed by atoms with Crippen molar-refractivity contribution in [1.29, 1.82) is 0 Å². The molecule has 1 aromatic carbocycles. The fraction of sp³-hybridized carbons (Fsp3) is 0.278. The topological polar surface area (TPSA) is 77.1 Å². The van der Waals surface area contributed by atoms with Gasteiger partial charge in [-0.05, 0) is 50.6 Å². The van der Waals surface area contributed by atoms with Gasteiger partial charge in [-0.1, -0.05) is 18.3 Å². The number of anilines is 1. The van der Waals surface area contributed by atoms with Crippen LogP contribution in [0.4, 0.5) is 5.69 Å². The molecule has 0 atom stereocenters. The Hall–Kier alpha value is -2.47. The number of aromatic nitrogens is 1. The number of hydrogen-bond donors (Lipinski definition) is 2. The Morgan fingerprint density at radius 1 is 1.21 bits per heavy atom. The van der Waals surface area contributed by atoms with Crippen LogP contribution >= 0.6 is 12.2 Å². The molecule has 0 bridgehead atoms. The van der Waals surface area contributed by atoms with Crippen LogP contribution in [0.3, 0.4) is 0 Å². The molecule has 5 nitrogen and oxygen atoms in total. The van der Waals surface area contributed by atoms with Crippen molar-refractivity contribution in [1.82, 2.24) is 4.57 Å². The molecule has 2 aromatic rings. The highest BCUT2D eigenvalue weighted by atomic mass is 32.1. The average molecular weight is 343 g/mol. The van der Waals surface area contributed by atoms with Gasteiger partial charge in [-0.2, -0.15) is 0 Å². The third-order valence-electron chi connectivity index (χ3n) is 3.74. The molecule has 0 saturated heterocycles. The van der Waals surface area contributed by atoms with Crippen molar-refractivity contribution < 1.29 is 4.79 Å². The Balaban J connectivity index is 2.13. The first kappa shape index (κ1) is 17.9. The molecule has 1 amide bonds. The molecule has 0 radical (unpaired) electrons. The Morgan fingerprint density at radius 3 is 2.42 bits per heavy atom. The van der Waals surface area contributed by atoms with Crippen molar-refractivity contribution in [3.05, 3.63) is 64.1 Å². The number of rotatable bonds is 5. The number of nitrogens with two attached hydrogens (primary N) is 1. The van der Waals surface area contributed by atoms with Gasteiger partial charge in [-0.25, -0.2) is 0 Å². The van der Waals surface area contributed by atoms with E-state index in [2.05, 4.69) is 5.32 Å². The van der Waals surface area contributed by atoms with Crippen LogP contribution in [-0.4, -0.2) is 15.5 Å². The van der Waals surface area contributed by atoms with E-state index in [0.29, 0.717) is 17.2 Å². The van der Waals surface area contributed by atoms with Crippen molar-refractivity contribution in [3.8, 4) is 0 Å². The van der Waals surface area contributed by atoms with Crippen LogP contribution in [0.1, 0.15) is 25.0 Å². The molecule has 0 unspecified atom stereocenters. The minimum absolute atomic E-state index is 0.123. The first-order chi connectivity index (χ1) is 11.2. The van der Waals surface area contributed by atoms with Gasteiger partial charge in [0.2, 0.25) is 5.91 Å². The second-order valence-electron chi connectivity index (χ2n) is 6.45. The number of carbonyl (C=O) groups excluding carboxylic acids is 1. The standard InChI is InChI=1S/C18H21N3O2S/c1-12-4-9-15(22)21(10-12)11-18(2,3)17(23)20-14-7-5-13(6-8-14)16(19)24/h4-10H,11H2,1-3H3,(H2,19,24)(H,20,23). The molecule has 1 aromatic heterocycles. The molecule has 0 saturated carbocycles. The first-order valence-corrected chi connectivity index (χ1v) is 7.98. The van der Waals surface area contributed by atoms with E-state index in [1.165, 1.54) is 6.07 Å². The van der Waals surface area contributed by atoms with E-state index in [1.54, 1.807) is 54.9 Å². The summed E-state index contributed by atoms with van der Waals surface area (Å²) < 4.78 is 1.56. The van der Waals surface area contributed by atoms with Gasteiger partial charge in [0.25, 0.3) is 5.56 Å². The minimum Gasteiger partial charge on any atom is -0.389 e. The van der Waals surface area contributed by atoms with E-state index in [0.717, 1.165) is 11.1 Å². The molecule has 6 heteroatoms. The van der Waals surface area contributed by atoms with Crippen LogP contribution in [0.25, 0.3) is 0 Å². The van der Waals surface area contributed by atoms with Crippen LogP contribution in [0.15, 0.2) is 47.4 Å². The molecule has 0 fully saturated rings. The monoisotopic (exact) mass is 343 g/mol. The lowest BCUT2D eigenvalue weighted by Gasteiger charge is -2.24. The number of pyridine rings is 1. The second-order valence-corrected chi connectivity index (χ2v) is 6.89. The number of aryl methyl sites for hydroxylation is 1. The molecular formula is C18H21N3O2S. The van der Waals surface area contributed by atoms with E-state index in [1.807, 2.05) is 6.92 Å². The highest BCUT2D eigenvalue weighted by molar-refractivity contribution is 7.80. The number of nitrogens with zero attached hydrogens (tertiary/aromatic N) is 1. The Morgan fingerprint density at radius 2 is 1.83 bits per heavy atom. The van der Waals surface area contributed by atoms with Gasteiger partial charge in [0.15, 0.2) is 0 Å². The highest BCUT2D eigenvalue weighted by Gasteiger charge is 2.28. The van der Waals surface area contributed by atoms with Gasteiger partial charge in [-0.3, -0.25) is 9.59 Å². The van der Waals surface area contributed by atoms with Crippen molar-refractivity contribution in [2.75, 3.05) is 5.32 Å². The third-order valence-corrected chi connectivity index (χ3v) is 3.97. The third kappa shape index (κ3) is 4.29. The fourth-order valence-corrected chi connectivity index (χ4v) is 2.43. The second kappa shape index (κ2) is 6.97. The summed E-state index contributed by atoms with van der Waals surface area (Å²) in [6.45, 7) is 5.82. The summed E-state index contributed by atoms with van der Waals surface area (Å²) in [5, 5.41) is 2.86. The maximum Gasteiger partial charge on any atom is 0.250 e. The van der Waals surface area contributed by atoms with Gasteiger partial charge in [0, 0.05) is 30.1 Å². The van der Waals surface area contributed by atoms with E-state index < -0.39 is 5.41 Å². The smallest absolute Gasteiger partial charge is 0.250 e. The number of carbonyl (C=O) groups is 1. The first-order valence-electron chi connectivity index (χ1n) is 7.57. The number of amides is 1. The molecule has 0 aliphatic carbocycles. The van der Waals surface area contributed by atoms with Crippen molar-refractivity contribution in [3.63, 3.8) is 0 Å². The summed E-state index contributed by atoms with van der Waals surface area (Å²) >= 11 is 4.91. The molecule has 24 heavy (non-hydrogen) atoms. The Bertz CT molecular complexity index is 823. The van der Waals surface area contributed by atoms with E-state index in [9.17, 15) is 9.59 Å². The Labute approximate surface area is 146 Å². The average Bonchev–Trinajstić information content (AvgIpc) is 2.51. The zero-order valence-electron chi connectivity index (χ0n) is 14.0. The molecule has 126 valence electrons. The van der Waals surface area contributed by atoms with Gasteiger partial charge in [-0.15, -0.1) is 0 Å². The molecule has 0 spiro atoms. The lowest BCUT2D eigenvalue weighted by Crippen LogP contribution is -2.37. The molecule has 1 heterocycles. The zero-order valence-corrected chi connectivity index (χ0v) is 14.8. The number of hydrogen-bond acceptors (Lipinski definition) is 3. The molecule has 0 aliphatic heterocycles. The van der Waals surface area contributed by atoms with Gasteiger partial charge in [0.1, 0.15) is 4.99 Å². The lowest BCUT2D eigenvalue weighted by atomic mass is 9.91. The largest absolute Gasteiger partial charge is 0.389 e. The fourth-order valence-electron chi connectivity index (χ4n) is 2.29. The van der Waals surface area contributed by atoms with Crippen LogP contribution < -0.4 is 16.6 Å². The van der Waals surface area contributed by atoms with Crippen LogP contribution in [0, 0.1) is 12.3 Å². The maximum absolute atomic E-state index is 12.6. The van der Waals surface area contributed by atoms with E-state index in [-0.39, 0.29) is 11.5 Å². The van der Waals surface area contributed by atoms with Crippen LogP contribution in [0.2, 0.25) is 0 Å². The quantitative estimate of drug-likeness (QED) is 0.818. The highest BCUT2D eigenvalue weighted by Crippen LogP contribution is 2.21. The Kier molecular flexibility index (Phi) is 5.19. The molecule has 3 N–H and O–H groups in total. The van der Waals surface area contributed by atoms with Gasteiger partial charge in [0.05, 0.1) is 5.41 Å². The van der Waals surface area contributed by atoms with Gasteiger partial charge < -0.3 is 15.6 Å². The summed E-state index contributed by atoms with van der Waals surface area (Å²) in [5.74, 6) is -0.168. The summed E-state index contributed by atoms with van der Waals surface area (Å²) in [6.07, 6.45) is 1.76. The zero-order chi connectivity index (χ0) is 17.9. The van der Waals surface area contributed by atoms with Crippen molar-refractivity contribution in [2.45, 2.75) is 27.3 Å². The predicted octanol–water partition coefficient (Wildman–Crippen LogP) is 2.46. The van der Waals surface area contributed by atoms with Crippen molar-refractivity contribution in [2.24, 2.45) is 11.1 Å². The normalized spacial score (nSPS) is 11.1. The lowest BCUT2D eigenvalue weighted by molar-refractivity contribution is -0.124. The van der Waals surface area contributed by atoms with Crippen LogP contribution in [-0.2, 0) is 11.3 Å². The summed E-state index contributed by atoms with van der Waals surface area (Å²) in [4.78, 5) is 24.8. The maximum atomic E-state index is 12.6. The molecular weight excluding hydrogens is 322 g/mol. The van der Waals surface area contributed by atoms with Crippen LogP contribution in [0.5, 0.6) is 0 Å². The summed E-state index contributed by atoms with van der Waals surface area (Å²) in [5.41, 5.74) is 7.06. The van der Waals surface area contributed by atoms with E-state index in [4.69, 9.17) is 18.0 Å².